The second-order valence-electron chi connectivity index (χ2n) is 3.82. The van der Waals surface area contributed by atoms with Crippen LogP contribution in [-0.4, -0.2) is 19.0 Å². The predicted molar refractivity (Wildman–Crippen MR) is 59.9 cm³/mol. The summed E-state index contributed by atoms with van der Waals surface area (Å²) in [5.41, 5.74) is 1.40. The van der Waals surface area contributed by atoms with Gasteiger partial charge in [0.1, 0.15) is 5.58 Å². The zero-order valence-corrected chi connectivity index (χ0v) is 9.99. The Bertz CT molecular complexity index is 534. The Balaban J connectivity index is 0.00000128. The summed E-state index contributed by atoms with van der Waals surface area (Å²) >= 11 is 0. The van der Waals surface area contributed by atoms with Gasteiger partial charge in [-0.25, -0.2) is 0 Å². The molecule has 4 heteroatoms. The molecule has 0 radical (unpaired) electrons. The molecular weight excluding hydrogens is 226 g/mol. The van der Waals surface area contributed by atoms with Crippen LogP contribution in [-0.2, 0) is 6.54 Å². The molecule has 0 N–H and O–H groups in total. The molecule has 0 saturated heterocycles. The molecule has 86 valence electrons. The fraction of sp³-hybridized carbons (Fsp3) is 0.250. The number of para-hydroxylation sites is 1. The van der Waals surface area contributed by atoms with Crippen LogP contribution in [0.15, 0.2) is 39.7 Å². The third-order valence-corrected chi connectivity index (χ3v) is 2.24. The molecule has 0 unspecified atom stereocenters. The van der Waals surface area contributed by atoms with Crippen molar-refractivity contribution >= 4 is 11.0 Å². The molecule has 1 aromatic carbocycles. The minimum absolute atomic E-state index is 0. The van der Waals surface area contributed by atoms with E-state index in [9.17, 15) is 4.79 Å². The molecule has 0 aliphatic carbocycles. The highest BCUT2D eigenvalue weighted by Crippen LogP contribution is 2.10. The minimum atomic E-state index is 0. The summed E-state index contributed by atoms with van der Waals surface area (Å²) in [4.78, 5) is 13.9. The van der Waals surface area contributed by atoms with Crippen LogP contribution in [0.4, 0.5) is 0 Å². The normalized spacial score (nSPS) is 10.4. The zero-order chi connectivity index (χ0) is 10.8. The van der Waals surface area contributed by atoms with Crippen molar-refractivity contribution in [1.82, 2.24) is 4.90 Å². The first-order valence-corrected chi connectivity index (χ1v) is 4.82. The number of hydrogen-bond donors (Lipinski definition) is 0. The van der Waals surface area contributed by atoms with Crippen LogP contribution in [0.25, 0.3) is 11.0 Å². The third kappa shape index (κ3) is 2.43. The second kappa shape index (κ2) is 5.14. The maximum Gasteiger partial charge on any atom is 0.197 e. The zero-order valence-electron chi connectivity index (χ0n) is 9.24. The highest BCUT2D eigenvalue weighted by atomic mass is 35.5. The lowest BCUT2D eigenvalue weighted by molar-refractivity contribution is -0.00000361. The van der Waals surface area contributed by atoms with E-state index in [0.717, 1.165) is 0 Å². The van der Waals surface area contributed by atoms with Gasteiger partial charge in [0.2, 0.25) is 0 Å². The molecule has 3 nitrogen and oxygen atoms in total. The van der Waals surface area contributed by atoms with Gasteiger partial charge < -0.3 is 21.7 Å². The van der Waals surface area contributed by atoms with Gasteiger partial charge in [0.25, 0.3) is 0 Å². The summed E-state index contributed by atoms with van der Waals surface area (Å²) in [7, 11) is 3.85. The quantitative estimate of drug-likeness (QED) is 0.663. The molecule has 0 aliphatic heterocycles. The maximum atomic E-state index is 12.0. The summed E-state index contributed by atoms with van der Waals surface area (Å²) in [6.45, 7) is 0.604. The lowest BCUT2D eigenvalue weighted by atomic mass is 10.2. The van der Waals surface area contributed by atoms with Crippen LogP contribution in [0.3, 0.4) is 0 Å². The molecule has 1 heterocycles. The molecule has 0 aliphatic rings. The molecule has 0 amide bonds. The van der Waals surface area contributed by atoms with Crippen molar-refractivity contribution in [3.05, 3.63) is 46.3 Å². The van der Waals surface area contributed by atoms with E-state index in [2.05, 4.69) is 0 Å². The Kier molecular flexibility index (Phi) is 4.10. The molecule has 0 bridgehead atoms. The van der Waals surface area contributed by atoms with Crippen LogP contribution < -0.4 is 17.8 Å². The number of fused-ring (bicyclic) bond motifs is 1. The fourth-order valence-electron chi connectivity index (χ4n) is 1.57. The standard InChI is InChI=1S/C12H13NO2.ClH/c1-13(2)7-9-8-15-11-6-4-3-5-10(11)12(9)14;/h3-6,8H,7H2,1-2H3;1H/p-1. The van der Waals surface area contributed by atoms with Gasteiger partial charge in [-0.1, -0.05) is 12.1 Å². The Morgan fingerprint density at radius 2 is 1.94 bits per heavy atom. The van der Waals surface area contributed by atoms with Crippen molar-refractivity contribution in [3.63, 3.8) is 0 Å². The first-order chi connectivity index (χ1) is 7.18. The van der Waals surface area contributed by atoms with Crippen molar-refractivity contribution < 1.29 is 16.8 Å². The monoisotopic (exact) mass is 238 g/mol. The highest BCUT2D eigenvalue weighted by Gasteiger charge is 2.06. The molecule has 0 atom stereocenters. The first kappa shape index (κ1) is 12.7. The van der Waals surface area contributed by atoms with Crippen molar-refractivity contribution in [2.24, 2.45) is 0 Å². The Hall–Kier alpha value is -1.32. The molecule has 1 aromatic heterocycles. The molecule has 0 spiro atoms. The van der Waals surface area contributed by atoms with Gasteiger partial charge in [0.05, 0.1) is 11.6 Å². The van der Waals surface area contributed by atoms with Gasteiger partial charge in [-0.05, 0) is 26.2 Å². The fourth-order valence-corrected chi connectivity index (χ4v) is 1.57. The van der Waals surface area contributed by atoms with E-state index in [4.69, 9.17) is 4.42 Å². The number of halogens is 1. The Morgan fingerprint density at radius 3 is 2.62 bits per heavy atom. The number of benzene rings is 1. The van der Waals surface area contributed by atoms with Crippen LogP contribution >= 0.6 is 0 Å². The van der Waals surface area contributed by atoms with Gasteiger partial charge in [0.15, 0.2) is 5.43 Å². The molecule has 0 fully saturated rings. The average molecular weight is 239 g/mol. The summed E-state index contributed by atoms with van der Waals surface area (Å²) < 4.78 is 5.40. The molecule has 2 aromatic rings. The van der Waals surface area contributed by atoms with Crippen molar-refractivity contribution in [3.8, 4) is 0 Å². The lowest BCUT2D eigenvalue weighted by Gasteiger charge is -2.08. The molecule has 16 heavy (non-hydrogen) atoms. The third-order valence-electron chi connectivity index (χ3n) is 2.24. The van der Waals surface area contributed by atoms with Crippen molar-refractivity contribution in [1.29, 1.82) is 0 Å². The largest absolute Gasteiger partial charge is 1.00 e. The molecular formula is C12H13ClNO2-. The van der Waals surface area contributed by atoms with E-state index in [-0.39, 0.29) is 17.8 Å². The van der Waals surface area contributed by atoms with Gasteiger partial charge in [0, 0.05) is 12.1 Å². The van der Waals surface area contributed by atoms with E-state index in [0.29, 0.717) is 23.1 Å². The lowest BCUT2D eigenvalue weighted by Crippen LogP contribution is -3.00. The maximum absolute atomic E-state index is 12.0. The second-order valence-corrected chi connectivity index (χ2v) is 3.82. The van der Waals surface area contributed by atoms with Crippen molar-refractivity contribution in [2.75, 3.05) is 14.1 Å². The number of rotatable bonds is 2. The van der Waals surface area contributed by atoms with Gasteiger partial charge in [-0.3, -0.25) is 4.79 Å². The van der Waals surface area contributed by atoms with Crippen LogP contribution in [0.2, 0.25) is 0 Å². The summed E-state index contributed by atoms with van der Waals surface area (Å²) in [6, 6.07) is 7.30. The molecule has 0 saturated carbocycles. The van der Waals surface area contributed by atoms with Crippen molar-refractivity contribution in [2.45, 2.75) is 6.54 Å². The van der Waals surface area contributed by atoms with Crippen LogP contribution in [0.5, 0.6) is 0 Å². The van der Waals surface area contributed by atoms with Gasteiger partial charge in [-0.15, -0.1) is 0 Å². The van der Waals surface area contributed by atoms with Gasteiger partial charge >= 0.3 is 0 Å². The summed E-state index contributed by atoms with van der Waals surface area (Å²) in [5, 5.41) is 0.650. The topological polar surface area (TPSA) is 33.5 Å². The highest BCUT2D eigenvalue weighted by molar-refractivity contribution is 5.76. The Morgan fingerprint density at radius 1 is 1.25 bits per heavy atom. The smallest absolute Gasteiger partial charge is 0.197 e. The number of nitrogens with zero attached hydrogens (tertiary/aromatic N) is 1. The minimum Gasteiger partial charge on any atom is -1.00 e. The summed E-state index contributed by atoms with van der Waals surface area (Å²) in [6.07, 6.45) is 1.55. The van der Waals surface area contributed by atoms with E-state index in [1.54, 1.807) is 18.4 Å². The predicted octanol–water partition coefficient (Wildman–Crippen LogP) is -1.14. The number of hydrogen-bond acceptors (Lipinski definition) is 3. The van der Waals surface area contributed by atoms with E-state index in [1.165, 1.54) is 0 Å². The first-order valence-electron chi connectivity index (χ1n) is 4.82. The average Bonchev–Trinajstić information content (AvgIpc) is 2.22. The SMILES string of the molecule is CN(C)Cc1coc2ccccc2c1=O.[Cl-]. The van der Waals surface area contributed by atoms with E-state index in [1.807, 2.05) is 31.1 Å². The van der Waals surface area contributed by atoms with E-state index >= 15 is 0 Å². The van der Waals surface area contributed by atoms with E-state index < -0.39 is 0 Å². The summed E-state index contributed by atoms with van der Waals surface area (Å²) in [5.74, 6) is 0. The van der Waals surface area contributed by atoms with Gasteiger partial charge in [-0.2, -0.15) is 0 Å². The van der Waals surface area contributed by atoms with Crippen LogP contribution in [0.1, 0.15) is 5.56 Å². The van der Waals surface area contributed by atoms with Crippen LogP contribution in [0, 0.1) is 0 Å². The molecule has 2 rings (SSSR count). The Labute approximate surface area is 100 Å².